The molecule has 0 atom stereocenters. The van der Waals surface area contributed by atoms with E-state index in [2.05, 4.69) is 15.2 Å². The molecule has 0 radical (unpaired) electrons. The summed E-state index contributed by atoms with van der Waals surface area (Å²) >= 11 is 17.7. The standard InChI is InChI=1S/C16H10Cl3N3O3/c17-9-5-11(19)13(6-10(9)18)25-7-14(23)21-22-15-8-3-1-2-4-12(8)20-16(15)24/h1-6,20,24H,7H2. The first kappa shape index (κ1) is 17.5. The highest BCUT2D eigenvalue weighted by atomic mass is 35.5. The van der Waals surface area contributed by atoms with E-state index < -0.39 is 12.5 Å². The molecule has 25 heavy (non-hydrogen) atoms. The number of para-hydroxylation sites is 1. The quantitative estimate of drug-likeness (QED) is 0.448. The molecule has 0 unspecified atom stereocenters. The lowest BCUT2D eigenvalue weighted by Gasteiger charge is -2.07. The first-order chi connectivity index (χ1) is 12.0. The van der Waals surface area contributed by atoms with Crippen molar-refractivity contribution in [3.8, 4) is 11.6 Å². The van der Waals surface area contributed by atoms with Crippen LogP contribution < -0.4 is 4.74 Å². The van der Waals surface area contributed by atoms with E-state index in [1.165, 1.54) is 12.1 Å². The zero-order valence-corrected chi connectivity index (χ0v) is 14.7. The minimum Gasteiger partial charge on any atom is -0.493 e. The number of fused-ring (bicyclic) bond motifs is 1. The van der Waals surface area contributed by atoms with E-state index in [-0.39, 0.29) is 32.4 Å². The van der Waals surface area contributed by atoms with Gasteiger partial charge < -0.3 is 14.8 Å². The fraction of sp³-hybridized carbons (Fsp3) is 0.0625. The van der Waals surface area contributed by atoms with Crippen LogP contribution in [-0.2, 0) is 4.79 Å². The molecule has 3 rings (SSSR count). The Labute approximate surface area is 157 Å². The molecule has 0 saturated carbocycles. The summed E-state index contributed by atoms with van der Waals surface area (Å²) in [5.41, 5.74) is 0.858. The number of hydrogen-bond acceptors (Lipinski definition) is 4. The molecular weight excluding hydrogens is 389 g/mol. The Bertz CT molecular complexity index is 985. The average molecular weight is 399 g/mol. The maximum atomic E-state index is 11.8. The predicted molar refractivity (Wildman–Crippen MR) is 96.5 cm³/mol. The van der Waals surface area contributed by atoms with E-state index in [0.29, 0.717) is 10.9 Å². The summed E-state index contributed by atoms with van der Waals surface area (Å²) in [7, 11) is 0. The van der Waals surface area contributed by atoms with Gasteiger partial charge in [0.25, 0.3) is 0 Å². The van der Waals surface area contributed by atoms with Crippen LogP contribution >= 0.6 is 34.8 Å². The first-order valence-corrected chi connectivity index (χ1v) is 8.10. The van der Waals surface area contributed by atoms with Crippen molar-refractivity contribution in [3.63, 3.8) is 0 Å². The maximum Gasteiger partial charge on any atom is 0.302 e. The van der Waals surface area contributed by atoms with Crippen molar-refractivity contribution in [2.75, 3.05) is 6.61 Å². The Hall–Kier alpha value is -2.28. The molecular formula is C16H10Cl3N3O3. The number of aromatic nitrogens is 1. The summed E-state index contributed by atoms with van der Waals surface area (Å²) in [5, 5.41) is 18.6. The van der Waals surface area contributed by atoms with Gasteiger partial charge in [0.2, 0.25) is 5.88 Å². The number of benzene rings is 2. The van der Waals surface area contributed by atoms with Crippen LogP contribution in [0.4, 0.5) is 5.69 Å². The van der Waals surface area contributed by atoms with Gasteiger partial charge in [0, 0.05) is 11.5 Å². The minimum atomic E-state index is -0.660. The van der Waals surface area contributed by atoms with Crippen LogP contribution in [0, 0.1) is 0 Å². The third-order valence-corrected chi connectivity index (χ3v) is 4.26. The molecule has 2 N–H and O–H groups in total. The van der Waals surface area contributed by atoms with E-state index in [1.54, 1.807) is 24.3 Å². The second-order valence-corrected chi connectivity index (χ2v) is 6.17. The topological polar surface area (TPSA) is 87.0 Å². The normalized spacial score (nSPS) is 11.3. The van der Waals surface area contributed by atoms with Crippen molar-refractivity contribution >= 4 is 57.3 Å². The molecule has 0 spiro atoms. The second kappa shape index (κ2) is 7.31. The number of azo groups is 1. The average Bonchev–Trinajstić information content (AvgIpc) is 2.90. The maximum absolute atomic E-state index is 11.8. The summed E-state index contributed by atoms with van der Waals surface area (Å²) in [4.78, 5) is 14.6. The van der Waals surface area contributed by atoms with Gasteiger partial charge in [0.1, 0.15) is 5.75 Å². The molecule has 6 nitrogen and oxygen atoms in total. The summed E-state index contributed by atoms with van der Waals surface area (Å²) in [6.45, 7) is -0.399. The van der Waals surface area contributed by atoms with Crippen molar-refractivity contribution in [2.45, 2.75) is 0 Å². The third kappa shape index (κ3) is 3.87. The van der Waals surface area contributed by atoms with Crippen LogP contribution in [-0.4, -0.2) is 22.6 Å². The summed E-state index contributed by atoms with van der Waals surface area (Å²) in [6.07, 6.45) is 0. The van der Waals surface area contributed by atoms with Crippen LogP contribution in [0.1, 0.15) is 0 Å². The predicted octanol–water partition coefficient (Wildman–Crippen LogP) is 5.52. The van der Waals surface area contributed by atoms with Crippen LogP contribution in [0.25, 0.3) is 10.9 Å². The van der Waals surface area contributed by atoms with Gasteiger partial charge in [-0.2, -0.15) is 0 Å². The lowest BCUT2D eigenvalue weighted by atomic mass is 10.2. The molecule has 0 aliphatic rings. The number of carbonyl (C=O) groups is 1. The van der Waals surface area contributed by atoms with E-state index in [9.17, 15) is 9.90 Å². The lowest BCUT2D eigenvalue weighted by Crippen LogP contribution is -2.08. The molecule has 0 saturated heterocycles. The smallest absolute Gasteiger partial charge is 0.302 e. The Morgan fingerprint density at radius 1 is 1.12 bits per heavy atom. The van der Waals surface area contributed by atoms with Gasteiger partial charge in [0.15, 0.2) is 12.3 Å². The highest BCUT2D eigenvalue weighted by Gasteiger charge is 2.12. The molecule has 128 valence electrons. The van der Waals surface area contributed by atoms with Crippen molar-refractivity contribution in [3.05, 3.63) is 51.5 Å². The first-order valence-electron chi connectivity index (χ1n) is 6.97. The van der Waals surface area contributed by atoms with Crippen molar-refractivity contribution in [1.82, 2.24) is 4.98 Å². The van der Waals surface area contributed by atoms with Gasteiger partial charge in [0.05, 0.1) is 20.6 Å². The SMILES string of the molecule is O=C(COc1cc(Cl)c(Cl)cc1Cl)N=Nc1c(O)[nH]c2ccccc12. The van der Waals surface area contributed by atoms with Crippen molar-refractivity contribution in [2.24, 2.45) is 10.2 Å². The summed E-state index contributed by atoms with van der Waals surface area (Å²) < 4.78 is 5.27. The van der Waals surface area contributed by atoms with Gasteiger partial charge in [-0.25, -0.2) is 0 Å². The van der Waals surface area contributed by atoms with Crippen LogP contribution in [0.15, 0.2) is 46.6 Å². The summed E-state index contributed by atoms with van der Waals surface area (Å²) in [5.74, 6) is -0.632. The zero-order valence-electron chi connectivity index (χ0n) is 12.5. The molecule has 3 aromatic rings. The van der Waals surface area contributed by atoms with Gasteiger partial charge in [-0.1, -0.05) is 53.0 Å². The van der Waals surface area contributed by atoms with Gasteiger partial charge in [-0.3, -0.25) is 4.79 Å². The summed E-state index contributed by atoms with van der Waals surface area (Å²) in [6, 6.07) is 9.92. The molecule has 0 bridgehead atoms. The second-order valence-electron chi connectivity index (χ2n) is 4.95. The molecule has 1 aromatic heterocycles. The number of hydrogen-bond donors (Lipinski definition) is 2. The molecule has 0 aliphatic heterocycles. The number of rotatable bonds is 4. The Morgan fingerprint density at radius 3 is 2.64 bits per heavy atom. The number of halogens is 3. The van der Waals surface area contributed by atoms with E-state index in [4.69, 9.17) is 39.5 Å². The van der Waals surface area contributed by atoms with Gasteiger partial charge >= 0.3 is 5.91 Å². The third-order valence-electron chi connectivity index (χ3n) is 3.25. The molecule has 2 aromatic carbocycles. The van der Waals surface area contributed by atoms with Crippen LogP contribution in [0.3, 0.4) is 0 Å². The molecule has 0 aliphatic carbocycles. The zero-order chi connectivity index (χ0) is 18.0. The highest BCUT2D eigenvalue weighted by Crippen LogP contribution is 2.35. The molecule has 0 fully saturated rings. The number of nitrogens with zero attached hydrogens (tertiary/aromatic N) is 2. The lowest BCUT2D eigenvalue weighted by molar-refractivity contribution is -0.120. The fourth-order valence-corrected chi connectivity index (χ4v) is 2.69. The van der Waals surface area contributed by atoms with Gasteiger partial charge in [-0.05, 0) is 12.1 Å². The van der Waals surface area contributed by atoms with Crippen LogP contribution in [0.2, 0.25) is 15.1 Å². The molecule has 1 amide bonds. The number of aromatic hydroxyl groups is 1. The number of amides is 1. The Kier molecular flexibility index (Phi) is 5.13. The van der Waals surface area contributed by atoms with Crippen molar-refractivity contribution < 1.29 is 14.6 Å². The van der Waals surface area contributed by atoms with Gasteiger partial charge in [-0.15, -0.1) is 10.2 Å². The minimum absolute atomic E-state index is 0.175. The number of nitrogens with one attached hydrogen (secondary N) is 1. The van der Waals surface area contributed by atoms with Crippen molar-refractivity contribution in [1.29, 1.82) is 0 Å². The molecule has 1 heterocycles. The Balaban J connectivity index is 1.71. The largest absolute Gasteiger partial charge is 0.493 e. The monoisotopic (exact) mass is 397 g/mol. The highest BCUT2D eigenvalue weighted by molar-refractivity contribution is 6.43. The number of ether oxygens (including phenoxy) is 1. The number of carbonyl (C=O) groups excluding carboxylic acids is 1. The Morgan fingerprint density at radius 2 is 1.84 bits per heavy atom. The molecule has 9 heteroatoms. The fourth-order valence-electron chi connectivity index (χ4n) is 2.10. The van der Waals surface area contributed by atoms with E-state index in [1.807, 2.05) is 0 Å². The van der Waals surface area contributed by atoms with Crippen LogP contribution in [0.5, 0.6) is 11.6 Å². The van der Waals surface area contributed by atoms with E-state index in [0.717, 1.165) is 0 Å². The number of H-pyrrole nitrogens is 1. The van der Waals surface area contributed by atoms with E-state index >= 15 is 0 Å². The number of aromatic amines is 1.